The molecular formula is C24H31NO4. The second-order valence-electron chi connectivity index (χ2n) is 7.43. The van der Waals surface area contributed by atoms with Crippen LogP contribution in [-0.4, -0.2) is 31.1 Å². The second-order valence-corrected chi connectivity index (χ2v) is 7.43. The molecule has 0 radical (unpaired) electrons. The Balaban J connectivity index is 2.05. The molecule has 0 fully saturated rings. The average Bonchev–Trinajstić information content (AvgIpc) is 3.12. The molecule has 0 saturated heterocycles. The zero-order valence-electron chi connectivity index (χ0n) is 17.9. The van der Waals surface area contributed by atoms with Crippen LogP contribution >= 0.6 is 0 Å². The maximum absolute atomic E-state index is 13.2. The van der Waals surface area contributed by atoms with E-state index >= 15 is 0 Å². The Hall–Kier alpha value is -2.53. The average molecular weight is 398 g/mol. The van der Waals surface area contributed by atoms with Gasteiger partial charge in [0.1, 0.15) is 22.8 Å². The van der Waals surface area contributed by atoms with Crippen molar-refractivity contribution in [3.63, 3.8) is 0 Å². The number of fused-ring (bicyclic) bond motifs is 1. The van der Waals surface area contributed by atoms with Crippen LogP contribution in [0.1, 0.15) is 60.2 Å². The molecule has 3 rings (SSSR count). The van der Waals surface area contributed by atoms with E-state index in [1.165, 1.54) is 0 Å². The molecule has 0 aromatic heterocycles. The first-order chi connectivity index (χ1) is 14.1. The number of unbranched alkanes of at least 4 members (excludes halogenated alkanes) is 1. The van der Waals surface area contributed by atoms with Gasteiger partial charge in [-0.15, -0.1) is 0 Å². The van der Waals surface area contributed by atoms with Crippen LogP contribution in [0.2, 0.25) is 0 Å². The van der Waals surface area contributed by atoms with Crippen molar-refractivity contribution in [1.29, 1.82) is 0 Å². The number of methoxy groups -OCH3 is 1. The fourth-order valence-corrected chi connectivity index (χ4v) is 3.89. The van der Waals surface area contributed by atoms with Gasteiger partial charge >= 0.3 is 5.97 Å². The smallest absolute Gasteiger partial charge is 0.347 e. The van der Waals surface area contributed by atoms with Crippen molar-refractivity contribution in [1.82, 2.24) is 4.90 Å². The minimum absolute atomic E-state index is 0.407. The number of hydrogen-bond donors (Lipinski definition) is 0. The number of para-hydroxylation sites is 1. The van der Waals surface area contributed by atoms with E-state index in [9.17, 15) is 4.79 Å². The van der Waals surface area contributed by atoms with E-state index in [1.807, 2.05) is 25.1 Å². The quantitative estimate of drug-likeness (QED) is 0.334. The van der Waals surface area contributed by atoms with Gasteiger partial charge in [0, 0.05) is 29.8 Å². The van der Waals surface area contributed by atoms with Crippen LogP contribution in [0.15, 0.2) is 30.3 Å². The van der Waals surface area contributed by atoms with Crippen molar-refractivity contribution >= 4 is 5.97 Å². The summed E-state index contributed by atoms with van der Waals surface area (Å²) < 4.78 is 17.6. The Morgan fingerprint density at radius 1 is 1.03 bits per heavy atom. The summed E-state index contributed by atoms with van der Waals surface area (Å²) >= 11 is 0. The second kappa shape index (κ2) is 9.79. The lowest BCUT2D eigenvalue weighted by atomic mass is 9.97. The summed E-state index contributed by atoms with van der Waals surface area (Å²) in [5.74, 6) is 1.53. The molecule has 0 bridgehead atoms. The van der Waals surface area contributed by atoms with E-state index in [2.05, 4.69) is 18.7 Å². The number of ether oxygens (including phenoxy) is 3. The van der Waals surface area contributed by atoms with Crippen LogP contribution in [0.5, 0.6) is 17.2 Å². The fourth-order valence-electron chi connectivity index (χ4n) is 3.89. The minimum atomic E-state index is -0.407. The number of rotatable bonds is 9. The molecule has 0 aliphatic carbocycles. The Morgan fingerprint density at radius 2 is 1.72 bits per heavy atom. The molecule has 0 spiro atoms. The summed E-state index contributed by atoms with van der Waals surface area (Å²) in [5, 5.41) is 0. The van der Waals surface area contributed by atoms with Gasteiger partial charge < -0.3 is 14.2 Å². The van der Waals surface area contributed by atoms with Gasteiger partial charge in [0.05, 0.1) is 13.7 Å². The lowest BCUT2D eigenvalue weighted by molar-refractivity contribution is 0.0728. The molecule has 156 valence electrons. The van der Waals surface area contributed by atoms with E-state index in [0.717, 1.165) is 61.3 Å². The fraction of sp³-hybridized carbons (Fsp3) is 0.458. The normalized spacial score (nSPS) is 13.2. The third-order valence-electron chi connectivity index (χ3n) is 5.26. The van der Waals surface area contributed by atoms with Crippen LogP contribution < -0.4 is 14.2 Å². The summed E-state index contributed by atoms with van der Waals surface area (Å²) in [5.41, 5.74) is 3.43. The molecule has 0 N–H and O–H groups in total. The van der Waals surface area contributed by atoms with Gasteiger partial charge in [0.2, 0.25) is 0 Å². The molecule has 0 amide bonds. The standard InChI is InChI=1S/C24H31NO4/c1-5-7-14-28-23-20-16-25(13-6-2)15-19(20)22(27-4)17(3)21(23)24(26)29-18-11-9-8-10-12-18/h8-12H,5-7,13-16H2,1-4H3. The maximum atomic E-state index is 13.2. The van der Waals surface area contributed by atoms with Gasteiger partial charge in [0.15, 0.2) is 0 Å². The van der Waals surface area contributed by atoms with Gasteiger partial charge in [0.25, 0.3) is 0 Å². The Bertz CT molecular complexity index is 848. The zero-order chi connectivity index (χ0) is 20.8. The topological polar surface area (TPSA) is 48.0 Å². The number of hydrogen-bond acceptors (Lipinski definition) is 5. The molecule has 5 heteroatoms. The van der Waals surface area contributed by atoms with Gasteiger partial charge in [-0.05, 0) is 38.4 Å². The first-order valence-electron chi connectivity index (χ1n) is 10.4. The third kappa shape index (κ3) is 4.56. The van der Waals surface area contributed by atoms with E-state index in [0.29, 0.717) is 23.7 Å². The lowest BCUT2D eigenvalue weighted by Gasteiger charge is -2.20. The molecule has 1 aliphatic heterocycles. The van der Waals surface area contributed by atoms with Crippen LogP contribution in [-0.2, 0) is 13.1 Å². The SMILES string of the molecule is CCCCOc1c2c(c(OC)c(C)c1C(=O)Oc1ccccc1)CN(CCC)C2. The molecule has 0 atom stereocenters. The van der Waals surface area contributed by atoms with Crippen molar-refractivity contribution in [3.05, 3.63) is 52.6 Å². The monoisotopic (exact) mass is 397 g/mol. The van der Waals surface area contributed by atoms with Crippen molar-refractivity contribution < 1.29 is 19.0 Å². The maximum Gasteiger partial charge on any atom is 0.347 e. The van der Waals surface area contributed by atoms with Crippen LogP contribution in [0.25, 0.3) is 0 Å². The Morgan fingerprint density at radius 3 is 2.34 bits per heavy atom. The summed E-state index contributed by atoms with van der Waals surface area (Å²) in [4.78, 5) is 15.6. The zero-order valence-corrected chi connectivity index (χ0v) is 17.9. The Kier molecular flexibility index (Phi) is 7.15. The number of carbonyl (C=O) groups excluding carboxylic acids is 1. The van der Waals surface area contributed by atoms with Crippen molar-refractivity contribution in [2.24, 2.45) is 0 Å². The van der Waals surface area contributed by atoms with Crippen molar-refractivity contribution in [2.75, 3.05) is 20.3 Å². The van der Waals surface area contributed by atoms with Gasteiger partial charge in [-0.2, -0.15) is 0 Å². The van der Waals surface area contributed by atoms with Crippen LogP contribution in [0.4, 0.5) is 0 Å². The number of carbonyl (C=O) groups is 1. The van der Waals surface area contributed by atoms with Gasteiger partial charge in [-0.25, -0.2) is 4.79 Å². The molecule has 2 aromatic carbocycles. The molecular weight excluding hydrogens is 366 g/mol. The van der Waals surface area contributed by atoms with Crippen LogP contribution in [0, 0.1) is 6.92 Å². The largest absolute Gasteiger partial charge is 0.496 e. The summed E-state index contributed by atoms with van der Waals surface area (Å²) in [6.07, 6.45) is 3.04. The molecule has 0 unspecified atom stereocenters. The summed E-state index contributed by atoms with van der Waals surface area (Å²) in [6, 6.07) is 9.14. The number of esters is 1. The highest BCUT2D eigenvalue weighted by molar-refractivity contribution is 5.97. The Labute approximate surface area is 173 Å². The van der Waals surface area contributed by atoms with Gasteiger partial charge in [-0.3, -0.25) is 4.90 Å². The van der Waals surface area contributed by atoms with Crippen LogP contribution in [0.3, 0.4) is 0 Å². The molecule has 1 aliphatic rings. The molecule has 5 nitrogen and oxygen atoms in total. The predicted octanol–water partition coefficient (Wildman–Crippen LogP) is 5.13. The van der Waals surface area contributed by atoms with E-state index < -0.39 is 5.97 Å². The highest BCUT2D eigenvalue weighted by Gasteiger charge is 2.33. The highest BCUT2D eigenvalue weighted by atomic mass is 16.5. The summed E-state index contributed by atoms with van der Waals surface area (Å²) in [7, 11) is 1.66. The lowest BCUT2D eigenvalue weighted by Crippen LogP contribution is -2.17. The predicted molar refractivity (Wildman–Crippen MR) is 114 cm³/mol. The van der Waals surface area contributed by atoms with E-state index in [1.54, 1.807) is 19.2 Å². The molecule has 0 saturated carbocycles. The molecule has 2 aromatic rings. The van der Waals surface area contributed by atoms with E-state index in [-0.39, 0.29) is 0 Å². The number of nitrogens with zero attached hydrogens (tertiary/aromatic N) is 1. The van der Waals surface area contributed by atoms with Crippen molar-refractivity contribution in [3.8, 4) is 17.2 Å². The molecule has 29 heavy (non-hydrogen) atoms. The minimum Gasteiger partial charge on any atom is -0.496 e. The van der Waals surface area contributed by atoms with E-state index in [4.69, 9.17) is 14.2 Å². The summed E-state index contributed by atoms with van der Waals surface area (Å²) in [6.45, 7) is 9.35. The highest BCUT2D eigenvalue weighted by Crippen LogP contribution is 2.43. The van der Waals surface area contributed by atoms with Crippen molar-refractivity contribution in [2.45, 2.75) is 53.1 Å². The first-order valence-corrected chi connectivity index (χ1v) is 10.4. The number of benzene rings is 2. The first kappa shape index (κ1) is 21.2. The molecule has 1 heterocycles. The van der Waals surface area contributed by atoms with Gasteiger partial charge in [-0.1, -0.05) is 38.5 Å². The third-order valence-corrected chi connectivity index (χ3v) is 5.26.